The van der Waals surface area contributed by atoms with Gasteiger partial charge in [0.2, 0.25) is 5.91 Å². The van der Waals surface area contributed by atoms with Crippen LogP contribution in [-0.2, 0) is 13.1 Å². The van der Waals surface area contributed by atoms with Crippen LogP contribution in [0.3, 0.4) is 0 Å². The zero-order valence-corrected chi connectivity index (χ0v) is 11.1. The van der Waals surface area contributed by atoms with Crippen molar-refractivity contribution in [2.24, 2.45) is 0 Å². The van der Waals surface area contributed by atoms with Gasteiger partial charge in [0.05, 0.1) is 0 Å². The van der Waals surface area contributed by atoms with Crippen LogP contribution >= 0.6 is 21.4 Å². The molecule has 0 unspecified atom stereocenters. The van der Waals surface area contributed by atoms with E-state index in [9.17, 15) is 4.79 Å². The van der Waals surface area contributed by atoms with Crippen molar-refractivity contribution in [1.82, 2.24) is 0 Å². The monoisotopic (exact) mass is 283 g/mol. The Labute approximate surface area is 104 Å². The van der Waals surface area contributed by atoms with Crippen LogP contribution < -0.4 is 4.90 Å². The second-order valence-electron chi connectivity index (χ2n) is 2.79. The smallest absolute Gasteiger partial charge is 0.316 e. The molecule has 0 heterocycles. The lowest BCUT2D eigenvalue weighted by atomic mass is 10.3. The minimum absolute atomic E-state index is 0.0520. The fourth-order valence-electron chi connectivity index (χ4n) is 0.833. The van der Waals surface area contributed by atoms with Crippen molar-refractivity contribution >= 4 is 41.2 Å². The summed E-state index contributed by atoms with van der Waals surface area (Å²) in [4.78, 5) is 12.5. The number of amides is 1. The first-order chi connectivity index (χ1) is 7.22. The van der Waals surface area contributed by atoms with Crippen LogP contribution in [-0.4, -0.2) is 21.4 Å². The summed E-state index contributed by atoms with van der Waals surface area (Å²) < 4.78 is 18.3. The van der Waals surface area contributed by atoms with Gasteiger partial charge in [0.1, 0.15) is 0 Å². The average Bonchev–Trinajstić information content (AvgIpc) is 2.15. The number of hydrogen-bond acceptors (Lipinski definition) is 3. The maximum absolute atomic E-state index is 10.9. The van der Waals surface area contributed by atoms with Crippen LogP contribution in [0.25, 0.3) is 0 Å². The Morgan fingerprint density at radius 2 is 1.56 bits per heavy atom. The summed E-state index contributed by atoms with van der Waals surface area (Å²) in [5.41, 5.74) is 0.931. The maximum Gasteiger partial charge on any atom is 0.317 e. The van der Waals surface area contributed by atoms with Crippen molar-refractivity contribution in [1.29, 1.82) is 0 Å². The fourth-order valence-corrected chi connectivity index (χ4v) is 0.833. The number of carbonyl (C=O) groups is 1. The van der Waals surface area contributed by atoms with Gasteiger partial charge < -0.3 is 4.90 Å². The molecular weight excluding hydrogens is 273 g/mol. The van der Waals surface area contributed by atoms with Crippen molar-refractivity contribution in [3.05, 3.63) is 30.3 Å². The van der Waals surface area contributed by atoms with Gasteiger partial charge >= 0.3 is 8.26 Å². The van der Waals surface area contributed by atoms with Crippen molar-refractivity contribution in [3.8, 4) is 0 Å². The van der Waals surface area contributed by atoms with Gasteiger partial charge in [-0.15, -0.1) is 0 Å². The molecule has 1 amide bonds. The molecule has 1 aromatic rings. The molecule has 0 fully saturated rings. The topological polar surface area (TPSA) is 54.5 Å². The molecule has 0 aromatic heterocycles. The van der Waals surface area contributed by atoms with E-state index >= 15 is 0 Å². The molecule has 16 heavy (non-hydrogen) atoms. The van der Waals surface area contributed by atoms with E-state index in [4.69, 9.17) is 8.42 Å². The van der Waals surface area contributed by atoms with Gasteiger partial charge in [0, 0.05) is 41.0 Å². The minimum atomic E-state index is -3.72. The molecule has 0 radical (unpaired) electrons. The minimum Gasteiger partial charge on any atom is -0.316 e. The van der Waals surface area contributed by atoms with Gasteiger partial charge in [-0.3, -0.25) is 4.79 Å². The molecule has 0 aliphatic rings. The van der Waals surface area contributed by atoms with E-state index in [0.29, 0.717) is 0 Å². The number of halogens is 2. The predicted molar refractivity (Wildman–Crippen MR) is 66.2 cm³/mol. The third-order valence-electron chi connectivity index (χ3n) is 1.62. The maximum atomic E-state index is 10.9. The van der Waals surface area contributed by atoms with Crippen LogP contribution in [0.15, 0.2) is 30.3 Å². The summed E-state index contributed by atoms with van der Waals surface area (Å²) in [6, 6.07) is 9.56. The highest BCUT2D eigenvalue weighted by Crippen LogP contribution is 2.10. The molecule has 4 nitrogen and oxygen atoms in total. The van der Waals surface area contributed by atoms with E-state index < -0.39 is 8.26 Å². The largest absolute Gasteiger partial charge is 0.317 e. The normalized spacial score (nSPS) is 10.0. The predicted octanol–water partition coefficient (Wildman–Crippen LogP) is 2.38. The van der Waals surface area contributed by atoms with Gasteiger partial charge in [-0.2, -0.15) is 8.42 Å². The summed E-state index contributed by atoms with van der Waals surface area (Å²) >= 11 is 0. The summed E-state index contributed by atoms with van der Waals surface area (Å²) in [5.74, 6) is 0.0520. The van der Waals surface area contributed by atoms with Crippen molar-refractivity contribution < 1.29 is 13.2 Å². The van der Waals surface area contributed by atoms with Crippen LogP contribution in [0.4, 0.5) is 5.69 Å². The molecule has 0 spiro atoms. The van der Waals surface area contributed by atoms with E-state index in [0.717, 1.165) is 5.69 Å². The summed E-state index contributed by atoms with van der Waals surface area (Å²) in [6.07, 6.45) is 0. The third-order valence-corrected chi connectivity index (χ3v) is 1.62. The first kappa shape index (κ1) is 15.2. The van der Waals surface area contributed by atoms with Gasteiger partial charge in [0.25, 0.3) is 0 Å². The summed E-state index contributed by atoms with van der Waals surface area (Å²) in [6.45, 7) is 1.55. The Balaban J connectivity index is 0.000000385. The van der Waals surface area contributed by atoms with Crippen molar-refractivity contribution in [2.45, 2.75) is 6.92 Å². The molecular formula is C9H11Cl2NO3S. The molecule has 90 valence electrons. The van der Waals surface area contributed by atoms with E-state index in [-0.39, 0.29) is 5.91 Å². The van der Waals surface area contributed by atoms with Crippen LogP contribution in [0.5, 0.6) is 0 Å². The van der Waals surface area contributed by atoms with E-state index in [1.165, 1.54) is 0 Å². The fraction of sp³-hybridized carbons (Fsp3) is 0.222. The molecule has 0 atom stereocenters. The quantitative estimate of drug-likeness (QED) is 0.744. The van der Waals surface area contributed by atoms with Crippen LogP contribution in [0, 0.1) is 0 Å². The number of nitrogens with zero attached hydrogens (tertiary/aromatic N) is 1. The molecule has 0 aliphatic carbocycles. The molecule has 1 rings (SSSR count). The molecule has 0 saturated carbocycles. The Morgan fingerprint density at radius 1 is 1.19 bits per heavy atom. The van der Waals surface area contributed by atoms with Gasteiger partial charge in [0.15, 0.2) is 0 Å². The second kappa shape index (κ2) is 6.73. The highest BCUT2D eigenvalue weighted by Gasteiger charge is 2.02. The molecule has 7 heteroatoms. The molecule has 0 aliphatic heterocycles. The van der Waals surface area contributed by atoms with Crippen molar-refractivity contribution in [3.63, 3.8) is 0 Å². The average molecular weight is 284 g/mol. The summed E-state index contributed by atoms with van der Waals surface area (Å²) in [7, 11) is 6.57. The lowest BCUT2D eigenvalue weighted by Crippen LogP contribution is -2.22. The standard InChI is InChI=1S/C9H11NO.Cl2O2S/c1-8(11)10(2)9-6-4-3-5-7-9;1-5(2,3)4/h3-7H,1-2H3;. The lowest BCUT2D eigenvalue weighted by molar-refractivity contribution is -0.116. The molecule has 0 bridgehead atoms. The number of hydrogen-bond donors (Lipinski definition) is 0. The third kappa shape index (κ3) is 8.52. The Hall–Kier alpha value is -0.780. The van der Waals surface area contributed by atoms with E-state index in [2.05, 4.69) is 21.4 Å². The van der Waals surface area contributed by atoms with Gasteiger partial charge in [-0.1, -0.05) is 18.2 Å². The number of anilines is 1. The van der Waals surface area contributed by atoms with Crippen LogP contribution in [0.2, 0.25) is 0 Å². The molecule has 0 saturated heterocycles. The zero-order valence-electron chi connectivity index (χ0n) is 8.72. The highest BCUT2D eigenvalue weighted by atomic mass is 36.0. The molecule has 1 aromatic carbocycles. The first-order valence-corrected chi connectivity index (χ1v) is 7.29. The zero-order chi connectivity index (χ0) is 12.8. The Morgan fingerprint density at radius 3 is 1.88 bits per heavy atom. The Kier molecular flexibility index (Phi) is 6.40. The highest BCUT2D eigenvalue weighted by molar-refractivity contribution is 8.31. The Bertz CT molecular complexity index is 425. The number of para-hydroxylation sites is 1. The molecule has 0 N–H and O–H groups in total. The van der Waals surface area contributed by atoms with Crippen LogP contribution in [0.1, 0.15) is 6.92 Å². The first-order valence-electron chi connectivity index (χ1n) is 4.15. The SMILES string of the molecule is CC(=O)N(C)c1ccccc1.O=S(=O)(Cl)Cl. The van der Waals surface area contributed by atoms with Gasteiger partial charge in [-0.25, -0.2) is 0 Å². The number of benzene rings is 1. The summed E-state index contributed by atoms with van der Waals surface area (Å²) in [5, 5.41) is 0. The van der Waals surface area contributed by atoms with Gasteiger partial charge in [-0.05, 0) is 12.1 Å². The van der Waals surface area contributed by atoms with E-state index in [1.54, 1.807) is 18.9 Å². The lowest BCUT2D eigenvalue weighted by Gasteiger charge is -2.13. The number of rotatable bonds is 1. The van der Waals surface area contributed by atoms with E-state index in [1.807, 2.05) is 30.3 Å². The number of carbonyl (C=O) groups excluding carboxylic acids is 1. The second-order valence-corrected chi connectivity index (χ2v) is 6.46. The van der Waals surface area contributed by atoms with Crippen molar-refractivity contribution in [2.75, 3.05) is 11.9 Å².